The fourth-order valence-corrected chi connectivity index (χ4v) is 3.13. The molecule has 29 heavy (non-hydrogen) atoms. The fourth-order valence-electron chi connectivity index (χ4n) is 3.13. The molecule has 0 aliphatic carbocycles. The molecule has 0 atom stereocenters. The minimum absolute atomic E-state index is 0.0662. The number of benzene rings is 1. The lowest BCUT2D eigenvalue weighted by Gasteiger charge is -2.11. The van der Waals surface area contributed by atoms with Crippen LogP contribution in [0.15, 0.2) is 49.1 Å². The maximum Gasteiger partial charge on any atom is 0.240 e. The maximum atomic E-state index is 12.2. The van der Waals surface area contributed by atoms with Crippen molar-refractivity contribution in [2.24, 2.45) is 0 Å². The van der Waals surface area contributed by atoms with Crippen LogP contribution in [-0.2, 0) is 11.3 Å². The molecule has 9 heteroatoms. The molecule has 4 rings (SSSR count). The molecule has 0 aliphatic rings. The number of hydrogen-bond acceptors (Lipinski definition) is 6. The largest absolute Gasteiger partial charge is 0.368 e. The number of amides is 1. The van der Waals surface area contributed by atoms with Gasteiger partial charge in [-0.15, -0.1) is 0 Å². The SMILES string of the molecule is Cc1nc(NCCNC(=O)Cn2cnc3ccccc32)cc(-n2ccnc2C)n1. The van der Waals surface area contributed by atoms with Gasteiger partial charge in [-0.25, -0.2) is 19.9 Å². The van der Waals surface area contributed by atoms with Crippen LogP contribution >= 0.6 is 0 Å². The van der Waals surface area contributed by atoms with Crippen LogP contribution in [0.1, 0.15) is 11.6 Å². The Hall–Kier alpha value is -3.75. The Labute approximate surface area is 167 Å². The van der Waals surface area contributed by atoms with Gasteiger partial charge in [-0.05, 0) is 26.0 Å². The van der Waals surface area contributed by atoms with E-state index >= 15 is 0 Å². The second-order valence-corrected chi connectivity index (χ2v) is 6.64. The van der Waals surface area contributed by atoms with E-state index in [0.717, 1.165) is 22.7 Å². The molecule has 3 aromatic heterocycles. The second kappa shape index (κ2) is 8.09. The summed E-state index contributed by atoms with van der Waals surface area (Å²) in [6.45, 7) is 5.03. The average molecular weight is 390 g/mol. The summed E-state index contributed by atoms with van der Waals surface area (Å²) in [5.74, 6) is 2.91. The number of aryl methyl sites for hydroxylation is 2. The lowest BCUT2D eigenvalue weighted by Crippen LogP contribution is -2.31. The van der Waals surface area contributed by atoms with E-state index in [4.69, 9.17) is 0 Å². The molecule has 0 radical (unpaired) electrons. The number of carbonyl (C=O) groups excluding carboxylic acids is 1. The van der Waals surface area contributed by atoms with Crippen LogP contribution in [0, 0.1) is 13.8 Å². The molecule has 0 fully saturated rings. The van der Waals surface area contributed by atoms with Crippen molar-refractivity contribution in [3.05, 3.63) is 60.7 Å². The molecular formula is C20H22N8O. The number of hydrogen-bond donors (Lipinski definition) is 2. The Morgan fingerprint density at radius 3 is 2.79 bits per heavy atom. The molecule has 0 unspecified atom stereocenters. The topological polar surface area (TPSA) is 103 Å². The summed E-state index contributed by atoms with van der Waals surface area (Å²) in [5.41, 5.74) is 1.82. The number of nitrogens with one attached hydrogen (secondary N) is 2. The standard InChI is InChI=1S/C20H22N8O/c1-14-25-18(11-19(26-14)28-10-9-21-15(28)2)22-7-8-23-20(29)12-27-13-24-16-5-3-4-6-17(16)27/h3-6,9-11,13H,7-8,12H2,1-2H3,(H,23,29)(H,22,25,26). The zero-order valence-corrected chi connectivity index (χ0v) is 16.3. The third-order valence-corrected chi connectivity index (χ3v) is 4.49. The highest BCUT2D eigenvalue weighted by Crippen LogP contribution is 2.13. The molecule has 2 N–H and O–H groups in total. The molecule has 0 saturated heterocycles. The summed E-state index contributed by atoms with van der Waals surface area (Å²) >= 11 is 0. The van der Waals surface area contributed by atoms with Gasteiger partial charge in [-0.3, -0.25) is 9.36 Å². The first-order chi connectivity index (χ1) is 14.1. The summed E-state index contributed by atoms with van der Waals surface area (Å²) in [6.07, 6.45) is 5.28. The normalized spacial score (nSPS) is 11.0. The van der Waals surface area contributed by atoms with E-state index in [1.165, 1.54) is 0 Å². The fraction of sp³-hybridized carbons (Fsp3) is 0.250. The van der Waals surface area contributed by atoms with Crippen molar-refractivity contribution >= 4 is 22.8 Å². The van der Waals surface area contributed by atoms with Crippen molar-refractivity contribution in [3.8, 4) is 5.82 Å². The van der Waals surface area contributed by atoms with Gasteiger partial charge in [0.25, 0.3) is 0 Å². The monoisotopic (exact) mass is 390 g/mol. The van der Waals surface area contributed by atoms with Gasteiger partial charge < -0.3 is 15.2 Å². The van der Waals surface area contributed by atoms with E-state index in [0.29, 0.717) is 24.7 Å². The van der Waals surface area contributed by atoms with Gasteiger partial charge in [0.05, 0.1) is 17.4 Å². The number of rotatable bonds is 7. The van der Waals surface area contributed by atoms with Gasteiger partial charge in [0, 0.05) is 31.5 Å². The Kier molecular flexibility index (Phi) is 5.19. The zero-order valence-electron chi connectivity index (χ0n) is 16.3. The van der Waals surface area contributed by atoms with Gasteiger partial charge in [0.1, 0.15) is 29.8 Å². The third kappa shape index (κ3) is 4.23. The Morgan fingerprint density at radius 1 is 1.10 bits per heavy atom. The summed E-state index contributed by atoms with van der Waals surface area (Å²) in [4.78, 5) is 29.6. The van der Waals surface area contributed by atoms with Gasteiger partial charge in [-0.2, -0.15) is 0 Å². The number of imidazole rings is 2. The van der Waals surface area contributed by atoms with Crippen LogP contribution in [-0.4, -0.2) is 48.1 Å². The minimum Gasteiger partial charge on any atom is -0.368 e. The van der Waals surface area contributed by atoms with Crippen molar-refractivity contribution in [3.63, 3.8) is 0 Å². The van der Waals surface area contributed by atoms with Crippen molar-refractivity contribution in [1.82, 2.24) is 34.4 Å². The molecule has 0 bridgehead atoms. The Bertz CT molecular complexity index is 1150. The van der Waals surface area contributed by atoms with E-state index in [1.807, 2.05) is 59.5 Å². The number of aromatic nitrogens is 6. The summed E-state index contributed by atoms with van der Waals surface area (Å²) in [6, 6.07) is 9.61. The van der Waals surface area contributed by atoms with Crippen molar-refractivity contribution in [2.45, 2.75) is 20.4 Å². The van der Waals surface area contributed by atoms with Crippen molar-refractivity contribution < 1.29 is 4.79 Å². The van der Waals surface area contributed by atoms with E-state index in [2.05, 4.69) is 30.6 Å². The summed E-state index contributed by atoms with van der Waals surface area (Å²) in [5, 5.41) is 6.15. The summed E-state index contributed by atoms with van der Waals surface area (Å²) < 4.78 is 3.74. The highest BCUT2D eigenvalue weighted by molar-refractivity contribution is 5.80. The highest BCUT2D eigenvalue weighted by atomic mass is 16.1. The summed E-state index contributed by atoms with van der Waals surface area (Å²) in [7, 11) is 0. The Morgan fingerprint density at radius 2 is 1.97 bits per heavy atom. The lowest BCUT2D eigenvalue weighted by atomic mass is 10.3. The van der Waals surface area contributed by atoms with Crippen molar-refractivity contribution in [1.29, 1.82) is 0 Å². The molecule has 4 aromatic rings. The average Bonchev–Trinajstić information content (AvgIpc) is 3.31. The van der Waals surface area contributed by atoms with Crippen molar-refractivity contribution in [2.75, 3.05) is 18.4 Å². The number of anilines is 1. The first-order valence-electron chi connectivity index (χ1n) is 9.36. The number of para-hydroxylation sites is 2. The smallest absolute Gasteiger partial charge is 0.240 e. The number of fused-ring (bicyclic) bond motifs is 1. The van der Waals surface area contributed by atoms with Crippen LogP contribution in [0.3, 0.4) is 0 Å². The predicted octanol–water partition coefficient (Wildman–Crippen LogP) is 1.86. The zero-order chi connectivity index (χ0) is 20.2. The second-order valence-electron chi connectivity index (χ2n) is 6.64. The highest BCUT2D eigenvalue weighted by Gasteiger charge is 2.08. The van der Waals surface area contributed by atoms with Crippen LogP contribution in [0.5, 0.6) is 0 Å². The van der Waals surface area contributed by atoms with Crippen LogP contribution in [0.4, 0.5) is 5.82 Å². The van der Waals surface area contributed by atoms with Gasteiger partial charge in [-0.1, -0.05) is 12.1 Å². The first kappa shape index (κ1) is 18.6. The number of nitrogens with zero attached hydrogens (tertiary/aromatic N) is 6. The van der Waals surface area contributed by atoms with E-state index in [9.17, 15) is 4.79 Å². The molecule has 9 nitrogen and oxygen atoms in total. The van der Waals surface area contributed by atoms with Gasteiger partial charge in [0.15, 0.2) is 0 Å². The predicted molar refractivity (Wildman–Crippen MR) is 110 cm³/mol. The quantitative estimate of drug-likeness (QED) is 0.467. The van der Waals surface area contributed by atoms with E-state index in [1.54, 1.807) is 12.5 Å². The third-order valence-electron chi connectivity index (χ3n) is 4.49. The first-order valence-corrected chi connectivity index (χ1v) is 9.36. The molecule has 1 amide bonds. The van der Waals surface area contributed by atoms with E-state index < -0.39 is 0 Å². The molecule has 0 aliphatic heterocycles. The van der Waals surface area contributed by atoms with Crippen LogP contribution < -0.4 is 10.6 Å². The van der Waals surface area contributed by atoms with E-state index in [-0.39, 0.29) is 12.5 Å². The van der Waals surface area contributed by atoms with Crippen LogP contribution in [0.25, 0.3) is 16.9 Å². The molecular weight excluding hydrogens is 368 g/mol. The molecule has 0 saturated carbocycles. The van der Waals surface area contributed by atoms with Crippen LogP contribution in [0.2, 0.25) is 0 Å². The molecule has 148 valence electrons. The Balaban J connectivity index is 1.31. The molecule has 1 aromatic carbocycles. The molecule has 0 spiro atoms. The minimum atomic E-state index is -0.0662. The molecule has 3 heterocycles. The lowest BCUT2D eigenvalue weighted by molar-refractivity contribution is -0.121. The van der Waals surface area contributed by atoms with Gasteiger partial charge >= 0.3 is 0 Å². The van der Waals surface area contributed by atoms with Gasteiger partial charge in [0.2, 0.25) is 5.91 Å². The number of carbonyl (C=O) groups is 1. The maximum absolute atomic E-state index is 12.2.